The average molecular weight is 466 g/mol. The van der Waals surface area contributed by atoms with Crippen molar-refractivity contribution in [2.24, 2.45) is 0 Å². The molecule has 158 valence electrons. The molecule has 1 aliphatic rings. The summed E-state index contributed by atoms with van der Waals surface area (Å²) in [5.41, 5.74) is 3.19. The summed E-state index contributed by atoms with van der Waals surface area (Å²) in [6.07, 6.45) is 1.38. The van der Waals surface area contributed by atoms with Gasteiger partial charge in [0.25, 0.3) is 0 Å². The van der Waals surface area contributed by atoms with Crippen LogP contribution < -0.4 is 0 Å². The fraction of sp³-hybridized carbons (Fsp3) is 0.333. The molecule has 2 aromatic carbocycles. The number of aryl methyl sites for hydroxylation is 2. The molecule has 0 N–H and O–H groups in total. The molecule has 6 nitrogen and oxygen atoms in total. The predicted octanol–water partition coefficient (Wildman–Crippen LogP) is 5.33. The second-order valence-electron chi connectivity index (χ2n) is 7.51. The highest BCUT2D eigenvalue weighted by atomic mass is 35.5. The van der Waals surface area contributed by atoms with Gasteiger partial charge in [0, 0.05) is 22.2 Å². The van der Waals surface area contributed by atoms with Crippen molar-refractivity contribution in [3.8, 4) is 11.5 Å². The molecule has 9 heteroatoms. The predicted molar refractivity (Wildman–Crippen MR) is 117 cm³/mol. The summed E-state index contributed by atoms with van der Waals surface area (Å²) in [5, 5.41) is 9.48. The lowest BCUT2D eigenvalue weighted by molar-refractivity contribution is 0.332. The van der Waals surface area contributed by atoms with E-state index in [9.17, 15) is 8.42 Å². The van der Waals surface area contributed by atoms with Crippen LogP contribution in [-0.4, -0.2) is 29.5 Å². The van der Waals surface area contributed by atoms with Gasteiger partial charge in [-0.1, -0.05) is 29.3 Å². The van der Waals surface area contributed by atoms with Crippen molar-refractivity contribution < 1.29 is 12.8 Å². The Morgan fingerprint density at radius 2 is 1.83 bits per heavy atom. The van der Waals surface area contributed by atoms with Crippen LogP contribution in [0.1, 0.15) is 41.5 Å². The highest BCUT2D eigenvalue weighted by Gasteiger charge is 2.38. The second kappa shape index (κ2) is 8.30. The fourth-order valence-corrected chi connectivity index (χ4v) is 5.88. The Bertz CT molecular complexity index is 1180. The monoisotopic (exact) mass is 465 g/mol. The first-order chi connectivity index (χ1) is 14.2. The van der Waals surface area contributed by atoms with Crippen molar-refractivity contribution in [3.63, 3.8) is 0 Å². The van der Waals surface area contributed by atoms with E-state index in [0.29, 0.717) is 34.8 Å². The van der Waals surface area contributed by atoms with Crippen molar-refractivity contribution in [1.82, 2.24) is 14.5 Å². The number of aromatic nitrogens is 2. The van der Waals surface area contributed by atoms with Crippen LogP contribution in [-0.2, 0) is 15.8 Å². The van der Waals surface area contributed by atoms with Crippen molar-refractivity contribution in [3.05, 3.63) is 69.0 Å². The number of hydrogen-bond donors (Lipinski definition) is 0. The Balaban J connectivity index is 1.59. The van der Waals surface area contributed by atoms with Crippen LogP contribution in [0.3, 0.4) is 0 Å². The summed E-state index contributed by atoms with van der Waals surface area (Å²) in [6.45, 7) is 4.17. The molecule has 1 unspecified atom stereocenters. The van der Waals surface area contributed by atoms with Crippen LogP contribution in [0.2, 0.25) is 10.0 Å². The van der Waals surface area contributed by atoms with Crippen LogP contribution in [0.5, 0.6) is 0 Å². The first-order valence-electron chi connectivity index (χ1n) is 9.59. The first kappa shape index (κ1) is 21.3. The maximum Gasteiger partial charge on any atom is 0.247 e. The van der Waals surface area contributed by atoms with E-state index in [1.165, 1.54) is 4.31 Å². The van der Waals surface area contributed by atoms with Gasteiger partial charge in [-0.05, 0) is 73.7 Å². The zero-order valence-electron chi connectivity index (χ0n) is 16.6. The van der Waals surface area contributed by atoms with Crippen LogP contribution in [0.25, 0.3) is 11.5 Å². The minimum absolute atomic E-state index is 0.0917. The standard InChI is InChI=1S/C21H21Cl2N3O3S/c1-13-11-18(23)14(2)10-16(13)12-30(27,28)26-9-3-4-19(26)21-25-24-20(29-21)15-5-7-17(22)8-6-15/h5-8,10-11,19H,3-4,9,12H2,1-2H3. The van der Waals surface area contributed by atoms with E-state index in [0.717, 1.165) is 28.7 Å². The van der Waals surface area contributed by atoms with Gasteiger partial charge >= 0.3 is 0 Å². The Morgan fingerprint density at radius 3 is 2.57 bits per heavy atom. The van der Waals surface area contributed by atoms with E-state index in [-0.39, 0.29) is 5.75 Å². The Morgan fingerprint density at radius 1 is 1.10 bits per heavy atom. The smallest absolute Gasteiger partial charge is 0.247 e. The first-order valence-corrected chi connectivity index (χ1v) is 12.0. The molecule has 1 aromatic heterocycles. The molecular weight excluding hydrogens is 445 g/mol. The lowest BCUT2D eigenvalue weighted by Gasteiger charge is -2.22. The van der Waals surface area contributed by atoms with Gasteiger partial charge < -0.3 is 4.42 Å². The quantitative estimate of drug-likeness (QED) is 0.508. The Labute approximate surface area is 185 Å². The van der Waals surface area contributed by atoms with E-state index in [1.54, 1.807) is 30.3 Å². The summed E-state index contributed by atoms with van der Waals surface area (Å²) < 4.78 is 33.8. The number of hydrogen-bond acceptors (Lipinski definition) is 5. The van der Waals surface area contributed by atoms with Crippen molar-refractivity contribution >= 4 is 33.2 Å². The number of sulfonamides is 1. The molecule has 0 amide bonds. The van der Waals surface area contributed by atoms with E-state index in [2.05, 4.69) is 10.2 Å². The fourth-order valence-electron chi connectivity index (χ4n) is 3.67. The summed E-state index contributed by atoms with van der Waals surface area (Å²) >= 11 is 12.1. The minimum atomic E-state index is -3.58. The topological polar surface area (TPSA) is 76.3 Å². The van der Waals surface area contributed by atoms with Crippen LogP contribution >= 0.6 is 23.2 Å². The Kier molecular flexibility index (Phi) is 5.90. The van der Waals surface area contributed by atoms with Crippen LogP contribution in [0, 0.1) is 13.8 Å². The SMILES string of the molecule is Cc1cc(CS(=O)(=O)N2CCCC2c2nnc(-c3ccc(Cl)cc3)o2)c(C)cc1Cl. The summed E-state index contributed by atoms with van der Waals surface area (Å²) in [7, 11) is -3.58. The van der Waals surface area contributed by atoms with Crippen LogP contribution in [0.4, 0.5) is 0 Å². The summed E-state index contributed by atoms with van der Waals surface area (Å²) in [6, 6.07) is 10.2. The largest absolute Gasteiger partial charge is 0.419 e. The van der Waals surface area contributed by atoms with Gasteiger partial charge in [0.15, 0.2) is 0 Å². The summed E-state index contributed by atoms with van der Waals surface area (Å²) in [5.74, 6) is 0.561. The molecule has 0 spiro atoms. The molecule has 1 saturated heterocycles. The van der Waals surface area contributed by atoms with Crippen molar-refractivity contribution in [1.29, 1.82) is 0 Å². The van der Waals surface area contributed by atoms with Gasteiger partial charge in [-0.15, -0.1) is 10.2 Å². The van der Waals surface area contributed by atoms with Gasteiger partial charge in [-0.3, -0.25) is 0 Å². The molecule has 2 heterocycles. The van der Waals surface area contributed by atoms with Gasteiger partial charge in [0.05, 0.1) is 5.75 Å². The van der Waals surface area contributed by atoms with E-state index in [4.69, 9.17) is 27.6 Å². The van der Waals surface area contributed by atoms with Gasteiger partial charge in [0.1, 0.15) is 6.04 Å². The molecule has 3 aromatic rings. The average Bonchev–Trinajstić information content (AvgIpc) is 3.36. The summed E-state index contributed by atoms with van der Waals surface area (Å²) in [4.78, 5) is 0. The van der Waals surface area contributed by atoms with Crippen molar-refractivity contribution in [2.45, 2.75) is 38.5 Å². The Hall–Kier alpha value is -1.93. The lowest BCUT2D eigenvalue weighted by Crippen LogP contribution is -2.32. The minimum Gasteiger partial charge on any atom is -0.419 e. The zero-order chi connectivity index (χ0) is 21.5. The molecule has 0 saturated carbocycles. The number of benzene rings is 2. The third-order valence-corrected chi connectivity index (χ3v) is 7.82. The van der Waals surface area contributed by atoms with E-state index < -0.39 is 16.1 Å². The molecular formula is C21H21Cl2N3O3S. The van der Waals surface area contributed by atoms with Crippen LogP contribution in [0.15, 0.2) is 40.8 Å². The van der Waals surface area contributed by atoms with Gasteiger partial charge in [-0.25, -0.2) is 8.42 Å². The second-order valence-corrected chi connectivity index (χ2v) is 10.3. The van der Waals surface area contributed by atoms with Crippen molar-refractivity contribution in [2.75, 3.05) is 6.54 Å². The molecule has 1 aliphatic heterocycles. The lowest BCUT2D eigenvalue weighted by atomic mass is 10.1. The third kappa shape index (κ3) is 4.25. The normalized spacial score (nSPS) is 17.5. The molecule has 1 fully saturated rings. The highest BCUT2D eigenvalue weighted by molar-refractivity contribution is 7.88. The number of nitrogens with zero attached hydrogens (tertiary/aromatic N) is 3. The molecule has 4 rings (SSSR count). The van der Waals surface area contributed by atoms with Gasteiger partial charge in [0.2, 0.25) is 21.8 Å². The third-order valence-electron chi connectivity index (χ3n) is 5.33. The highest BCUT2D eigenvalue weighted by Crippen LogP contribution is 2.36. The molecule has 1 atom stereocenters. The van der Waals surface area contributed by atoms with E-state index in [1.807, 2.05) is 19.9 Å². The molecule has 30 heavy (non-hydrogen) atoms. The number of rotatable bonds is 5. The van der Waals surface area contributed by atoms with Gasteiger partial charge in [-0.2, -0.15) is 4.31 Å². The molecule has 0 bridgehead atoms. The maximum absolute atomic E-state index is 13.2. The molecule has 0 aliphatic carbocycles. The molecule has 0 radical (unpaired) electrons. The number of halogens is 2. The zero-order valence-corrected chi connectivity index (χ0v) is 18.9. The van der Waals surface area contributed by atoms with E-state index >= 15 is 0 Å². The maximum atomic E-state index is 13.2.